The minimum absolute atomic E-state index is 0.117. The molecule has 0 unspecified atom stereocenters. The summed E-state index contributed by atoms with van der Waals surface area (Å²) in [4.78, 5) is 27.5. The number of carbonyl (C=O) groups is 2. The number of rotatable bonds is 3. The summed E-state index contributed by atoms with van der Waals surface area (Å²) >= 11 is 12.3. The Kier molecular flexibility index (Phi) is 5.04. The molecule has 0 spiro atoms. The molecule has 2 heterocycles. The Bertz CT molecular complexity index is 1080. The summed E-state index contributed by atoms with van der Waals surface area (Å²) < 4.78 is 5.72. The SMILES string of the molecule is Cc1c(C(=O)Nc2cc(Cl)ccc2C(=O)N2CCCC2)oc2c(Cl)cccc12. The highest BCUT2D eigenvalue weighted by molar-refractivity contribution is 6.35. The van der Waals surface area contributed by atoms with E-state index in [4.69, 9.17) is 27.6 Å². The van der Waals surface area contributed by atoms with E-state index < -0.39 is 5.91 Å². The van der Waals surface area contributed by atoms with Crippen LogP contribution in [0, 0.1) is 6.92 Å². The molecule has 1 N–H and O–H groups in total. The number of para-hydroxylation sites is 1. The van der Waals surface area contributed by atoms with Crippen molar-refractivity contribution in [2.75, 3.05) is 18.4 Å². The third kappa shape index (κ3) is 3.36. The second kappa shape index (κ2) is 7.49. The molecule has 2 amide bonds. The Labute approximate surface area is 172 Å². The molecule has 28 heavy (non-hydrogen) atoms. The summed E-state index contributed by atoms with van der Waals surface area (Å²) in [5.41, 5.74) is 1.92. The standard InChI is InChI=1S/C21H18Cl2N2O3/c1-12-14-5-4-6-16(23)19(14)28-18(12)20(26)24-17-11-13(22)7-8-15(17)21(27)25-9-2-3-10-25/h4-8,11H,2-3,9-10H2,1H3,(H,24,26). The fourth-order valence-electron chi connectivity index (χ4n) is 3.50. The van der Waals surface area contributed by atoms with Crippen LogP contribution < -0.4 is 5.32 Å². The Morgan fingerprint density at radius 3 is 2.57 bits per heavy atom. The molecule has 7 heteroatoms. The number of hydrogen-bond acceptors (Lipinski definition) is 3. The first-order valence-electron chi connectivity index (χ1n) is 9.03. The number of carbonyl (C=O) groups excluding carboxylic acids is 2. The normalized spacial score (nSPS) is 13.9. The van der Waals surface area contributed by atoms with Gasteiger partial charge in [0.25, 0.3) is 11.8 Å². The van der Waals surface area contributed by atoms with Gasteiger partial charge in [-0.05, 0) is 44.0 Å². The van der Waals surface area contributed by atoms with E-state index in [0.29, 0.717) is 32.4 Å². The van der Waals surface area contributed by atoms with Crippen LogP contribution in [0.15, 0.2) is 40.8 Å². The van der Waals surface area contributed by atoms with Gasteiger partial charge in [-0.2, -0.15) is 0 Å². The number of likely N-dealkylation sites (tertiary alicyclic amines) is 1. The smallest absolute Gasteiger partial charge is 0.291 e. The van der Waals surface area contributed by atoms with Gasteiger partial charge in [0.05, 0.1) is 16.3 Å². The maximum absolute atomic E-state index is 12.9. The molecule has 0 radical (unpaired) electrons. The average Bonchev–Trinajstić information content (AvgIpc) is 3.31. The molecule has 1 saturated heterocycles. The summed E-state index contributed by atoms with van der Waals surface area (Å²) in [5.74, 6) is -0.418. The van der Waals surface area contributed by atoms with Crippen LogP contribution in [-0.2, 0) is 0 Å². The van der Waals surface area contributed by atoms with Crippen molar-refractivity contribution in [1.29, 1.82) is 0 Å². The predicted molar refractivity (Wildman–Crippen MR) is 111 cm³/mol. The monoisotopic (exact) mass is 416 g/mol. The van der Waals surface area contributed by atoms with Crippen LogP contribution in [-0.4, -0.2) is 29.8 Å². The first kappa shape index (κ1) is 18.8. The Hall–Kier alpha value is -2.50. The zero-order chi connectivity index (χ0) is 19.8. The van der Waals surface area contributed by atoms with Gasteiger partial charge in [0, 0.05) is 29.1 Å². The zero-order valence-corrected chi connectivity index (χ0v) is 16.7. The molecule has 4 rings (SSSR count). The number of nitrogens with zero attached hydrogens (tertiary/aromatic N) is 1. The van der Waals surface area contributed by atoms with Crippen molar-refractivity contribution in [2.45, 2.75) is 19.8 Å². The number of furan rings is 1. The molecular weight excluding hydrogens is 399 g/mol. The highest BCUT2D eigenvalue weighted by Gasteiger charge is 2.25. The maximum Gasteiger partial charge on any atom is 0.291 e. The number of fused-ring (bicyclic) bond motifs is 1. The number of halogens is 2. The van der Waals surface area contributed by atoms with E-state index in [1.165, 1.54) is 0 Å². The van der Waals surface area contributed by atoms with Gasteiger partial charge in [-0.25, -0.2) is 0 Å². The molecule has 0 saturated carbocycles. The fraction of sp³-hybridized carbons (Fsp3) is 0.238. The molecule has 2 aromatic carbocycles. The largest absolute Gasteiger partial charge is 0.449 e. The van der Waals surface area contributed by atoms with Crippen molar-refractivity contribution in [3.8, 4) is 0 Å². The first-order valence-corrected chi connectivity index (χ1v) is 9.79. The quantitative estimate of drug-likeness (QED) is 0.609. The lowest BCUT2D eigenvalue weighted by Gasteiger charge is -2.18. The van der Waals surface area contributed by atoms with Gasteiger partial charge in [-0.3, -0.25) is 9.59 Å². The molecule has 144 valence electrons. The minimum Gasteiger partial charge on any atom is -0.449 e. The number of nitrogens with one attached hydrogen (secondary N) is 1. The van der Waals surface area contributed by atoms with E-state index in [0.717, 1.165) is 31.3 Å². The number of anilines is 1. The number of hydrogen-bond donors (Lipinski definition) is 1. The maximum atomic E-state index is 12.9. The molecule has 1 aliphatic heterocycles. The Balaban J connectivity index is 1.68. The molecule has 0 aliphatic carbocycles. The average molecular weight is 417 g/mol. The number of aryl methyl sites for hydroxylation is 1. The molecule has 0 atom stereocenters. The van der Waals surface area contributed by atoms with Crippen LogP contribution in [0.4, 0.5) is 5.69 Å². The molecule has 1 aliphatic rings. The summed E-state index contributed by atoms with van der Waals surface area (Å²) in [6, 6.07) is 10.2. The lowest BCUT2D eigenvalue weighted by atomic mass is 10.1. The van der Waals surface area contributed by atoms with Gasteiger partial charge >= 0.3 is 0 Å². The molecule has 0 bridgehead atoms. The van der Waals surface area contributed by atoms with E-state index in [1.54, 1.807) is 42.2 Å². The molecular formula is C21H18Cl2N2O3. The van der Waals surface area contributed by atoms with E-state index >= 15 is 0 Å². The predicted octanol–water partition coefficient (Wildman–Crippen LogP) is 5.54. The van der Waals surface area contributed by atoms with Crippen LogP contribution in [0.2, 0.25) is 10.0 Å². The van der Waals surface area contributed by atoms with Crippen molar-refractivity contribution < 1.29 is 14.0 Å². The highest BCUT2D eigenvalue weighted by atomic mass is 35.5. The lowest BCUT2D eigenvalue weighted by molar-refractivity contribution is 0.0794. The molecule has 1 aromatic heterocycles. The van der Waals surface area contributed by atoms with E-state index in [9.17, 15) is 9.59 Å². The molecule has 3 aromatic rings. The van der Waals surface area contributed by atoms with Crippen LogP contribution in [0.3, 0.4) is 0 Å². The van der Waals surface area contributed by atoms with Gasteiger partial charge < -0.3 is 14.6 Å². The van der Waals surface area contributed by atoms with E-state index in [-0.39, 0.29) is 11.7 Å². The van der Waals surface area contributed by atoms with Gasteiger partial charge in [0.1, 0.15) is 0 Å². The highest BCUT2D eigenvalue weighted by Crippen LogP contribution is 2.32. The Morgan fingerprint density at radius 1 is 1.11 bits per heavy atom. The Morgan fingerprint density at radius 2 is 1.86 bits per heavy atom. The lowest BCUT2D eigenvalue weighted by Crippen LogP contribution is -2.28. The van der Waals surface area contributed by atoms with Gasteiger partial charge in [-0.15, -0.1) is 0 Å². The van der Waals surface area contributed by atoms with Crippen LogP contribution in [0.1, 0.15) is 39.3 Å². The van der Waals surface area contributed by atoms with Gasteiger partial charge in [0.2, 0.25) is 0 Å². The van der Waals surface area contributed by atoms with Gasteiger partial charge in [-0.1, -0.05) is 35.3 Å². The van der Waals surface area contributed by atoms with Gasteiger partial charge in [0.15, 0.2) is 11.3 Å². The van der Waals surface area contributed by atoms with Crippen molar-refractivity contribution in [3.05, 3.63) is 63.3 Å². The minimum atomic E-state index is -0.456. The number of amides is 2. The van der Waals surface area contributed by atoms with Crippen molar-refractivity contribution in [3.63, 3.8) is 0 Å². The van der Waals surface area contributed by atoms with Crippen LogP contribution in [0.25, 0.3) is 11.0 Å². The second-order valence-corrected chi connectivity index (χ2v) is 7.66. The second-order valence-electron chi connectivity index (χ2n) is 6.82. The number of benzene rings is 2. The summed E-state index contributed by atoms with van der Waals surface area (Å²) in [5, 5.41) is 4.43. The third-order valence-electron chi connectivity index (χ3n) is 4.98. The van der Waals surface area contributed by atoms with E-state index in [1.807, 2.05) is 6.07 Å². The van der Waals surface area contributed by atoms with Crippen LogP contribution in [0.5, 0.6) is 0 Å². The fourth-order valence-corrected chi connectivity index (χ4v) is 3.89. The summed E-state index contributed by atoms with van der Waals surface area (Å²) in [6.45, 7) is 3.23. The molecule has 1 fully saturated rings. The third-order valence-corrected chi connectivity index (χ3v) is 5.51. The van der Waals surface area contributed by atoms with E-state index in [2.05, 4.69) is 5.32 Å². The van der Waals surface area contributed by atoms with Crippen LogP contribution >= 0.6 is 23.2 Å². The molecule has 5 nitrogen and oxygen atoms in total. The zero-order valence-electron chi connectivity index (χ0n) is 15.2. The first-order chi connectivity index (χ1) is 13.5. The van der Waals surface area contributed by atoms with Crippen molar-refractivity contribution in [2.24, 2.45) is 0 Å². The topological polar surface area (TPSA) is 62.6 Å². The van der Waals surface area contributed by atoms with Crippen molar-refractivity contribution >= 4 is 51.7 Å². The summed E-state index contributed by atoms with van der Waals surface area (Å²) in [7, 11) is 0. The van der Waals surface area contributed by atoms with Crippen molar-refractivity contribution in [1.82, 2.24) is 4.90 Å². The summed E-state index contributed by atoms with van der Waals surface area (Å²) in [6.07, 6.45) is 1.97.